The number of carbonyl (C=O) groups is 1. The summed E-state index contributed by atoms with van der Waals surface area (Å²) in [6.07, 6.45) is 0. The normalized spacial score (nSPS) is 16.7. The van der Waals surface area contributed by atoms with E-state index in [9.17, 15) is 4.79 Å². The van der Waals surface area contributed by atoms with Crippen LogP contribution in [0.2, 0.25) is 0 Å². The molecule has 0 unspecified atom stereocenters. The molecule has 0 aromatic heterocycles. The van der Waals surface area contributed by atoms with Gasteiger partial charge >= 0.3 is 0 Å². The Hall–Kier alpha value is -1.86. The van der Waals surface area contributed by atoms with Crippen molar-refractivity contribution in [3.8, 4) is 6.07 Å². The lowest BCUT2D eigenvalue weighted by atomic mass is 9.87. The van der Waals surface area contributed by atoms with Crippen LogP contribution >= 0.6 is 0 Å². The maximum Gasteiger partial charge on any atom is 0.245 e. The van der Waals surface area contributed by atoms with Crippen molar-refractivity contribution in [1.82, 2.24) is 5.32 Å². The highest BCUT2D eigenvalue weighted by Gasteiger charge is 2.46. The maximum absolute atomic E-state index is 11.8. The first-order chi connectivity index (χ1) is 8.16. The zero-order valence-corrected chi connectivity index (χ0v) is 9.69. The van der Waals surface area contributed by atoms with E-state index in [2.05, 4.69) is 5.32 Å². The van der Waals surface area contributed by atoms with E-state index in [1.165, 1.54) is 0 Å². The molecule has 1 N–H and O–H groups in total. The van der Waals surface area contributed by atoms with Crippen LogP contribution in [0.5, 0.6) is 0 Å². The van der Waals surface area contributed by atoms with Crippen molar-refractivity contribution in [2.45, 2.75) is 13.5 Å². The standard InChI is InChI=1S/C13H14N2O2/c1-10-3-2-4-11(5-10)6-15-12(16)13(7-14)8-17-9-13/h2-5H,6,8-9H2,1H3,(H,15,16). The Balaban J connectivity index is 1.95. The van der Waals surface area contributed by atoms with Crippen LogP contribution in [0.15, 0.2) is 24.3 Å². The van der Waals surface area contributed by atoms with Gasteiger partial charge in [-0.1, -0.05) is 29.8 Å². The van der Waals surface area contributed by atoms with Crippen molar-refractivity contribution in [2.75, 3.05) is 13.2 Å². The van der Waals surface area contributed by atoms with Crippen LogP contribution in [0.1, 0.15) is 11.1 Å². The molecule has 1 aliphatic heterocycles. The molecule has 0 saturated carbocycles. The van der Waals surface area contributed by atoms with Gasteiger partial charge in [0.1, 0.15) is 0 Å². The number of hydrogen-bond donors (Lipinski definition) is 1. The van der Waals surface area contributed by atoms with Crippen LogP contribution < -0.4 is 5.32 Å². The number of nitrogens with one attached hydrogen (secondary N) is 1. The fraction of sp³-hybridized carbons (Fsp3) is 0.385. The average Bonchev–Trinajstić information content (AvgIpc) is 2.26. The molecule has 0 radical (unpaired) electrons. The summed E-state index contributed by atoms with van der Waals surface area (Å²) in [5.74, 6) is -0.243. The summed E-state index contributed by atoms with van der Waals surface area (Å²) in [5, 5.41) is 11.7. The van der Waals surface area contributed by atoms with E-state index in [4.69, 9.17) is 10.00 Å². The van der Waals surface area contributed by atoms with Crippen LogP contribution in [0.4, 0.5) is 0 Å². The molecule has 1 aromatic rings. The third-order valence-electron chi connectivity index (χ3n) is 2.88. The third-order valence-corrected chi connectivity index (χ3v) is 2.88. The summed E-state index contributed by atoms with van der Waals surface area (Å²) in [4.78, 5) is 11.8. The predicted octanol–water partition coefficient (Wildman–Crippen LogP) is 1.15. The minimum Gasteiger partial charge on any atom is -0.377 e. The summed E-state index contributed by atoms with van der Waals surface area (Å²) >= 11 is 0. The molecule has 2 rings (SSSR count). The van der Waals surface area contributed by atoms with Gasteiger partial charge in [-0.15, -0.1) is 0 Å². The van der Waals surface area contributed by atoms with Crippen LogP contribution in [0, 0.1) is 23.7 Å². The van der Waals surface area contributed by atoms with Gasteiger partial charge < -0.3 is 10.1 Å². The number of carbonyl (C=O) groups excluding carboxylic acids is 1. The van der Waals surface area contributed by atoms with E-state index < -0.39 is 5.41 Å². The first-order valence-electron chi connectivity index (χ1n) is 5.49. The minimum atomic E-state index is -0.968. The molecule has 4 nitrogen and oxygen atoms in total. The van der Waals surface area contributed by atoms with Gasteiger partial charge in [0.2, 0.25) is 5.91 Å². The molecule has 88 valence electrons. The minimum absolute atomic E-state index is 0.198. The van der Waals surface area contributed by atoms with Crippen molar-refractivity contribution in [2.24, 2.45) is 5.41 Å². The number of benzene rings is 1. The van der Waals surface area contributed by atoms with E-state index in [0.717, 1.165) is 11.1 Å². The molecule has 0 atom stereocenters. The first-order valence-corrected chi connectivity index (χ1v) is 5.49. The van der Waals surface area contributed by atoms with Gasteiger partial charge in [0.15, 0.2) is 5.41 Å². The van der Waals surface area contributed by atoms with Gasteiger partial charge in [-0.05, 0) is 12.5 Å². The Labute approximate surface area is 100 Å². The molecule has 1 amide bonds. The highest BCUT2D eigenvalue weighted by molar-refractivity contribution is 5.86. The van der Waals surface area contributed by atoms with Crippen molar-refractivity contribution in [1.29, 1.82) is 5.26 Å². The maximum atomic E-state index is 11.8. The summed E-state index contributed by atoms with van der Waals surface area (Å²) in [7, 11) is 0. The van der Waals surface area contributed by atoms with E-state index in [0.29, 0.717) is 6.54 Å². The zero-order chi connectivity index (χ0) is 12.3. The number of amides is 1. The van der Waals surface area contributed by atoms with Crippen molar-refractivity contribution >= 4 is 5.91 Å². The average molecular weight is 230 g/mol. The topological polar surface area (TPSA) is 62.1 Å². The van der Waals surface area contributed by atoms with Crippen molar-refractivity contribution in [3.63, 3.8) is 0 Å². The Morgan fingerprint density at radius 2 is 2.35 bits per heavy atom. The smallest absolute Gasteiger partial charge is 0.245 e. The van der Waals surface area contributed by atoms with E-state index >= 15 is 0 Å². The van der Waals surface area contributed by atoms with Crippen molar-refractivity contribution < 1.29 is 9.53 Å². The van der Waals surface area contributed by atoms with Gasteiger partial charge in [-0.25, -0.2) is 0 Å². The highest BCUT2D eigenvalue weighted by Crippen LogP contribution is 2.26. The number of hydrogen-bond acceptors (Lipinski definition) is 3. The SMILES string of the molecule is Cc1cccc(CNC(=O)C2(C#N)COC2)c1. The molecule has 4 heteroatoms. The molecule has 17 heavy (non-hydrogen) atoms. The van der Waals surface area contributed by atoms with E-state index in [1.54, 1.807) is 0 Å². The Morgan fingerprint density at radius 3 is 2.88 bits per heavy atom. The quantitative estimate of drug-likeness (QED) is 0.847. The largest absolute Gasteiger partial charge is 0.377 e. The Morgan fingerprint density at radius 1 is 1.59 bits per heavy atom. The lowest BCUT2D eigenvalue weighted by Gasteiger charge is -2.33. The van der Waals surface area contributed by atoms with Crippen LogP contribution in [0.3, 0.4) is 0 Å². The number of ether oxygens (including phenoxy) is 1. The highest BCUT2D eigenvalue weighted by atomic mass is 16.5. The Kier molecular flexibility index (Phi) is 3.12. The molecule has 1 aromatic carbocycles. The molecule has 1 aliphatic rings. The summed E-state index contributed by atoms with van der Waals surface area (Å²) in [6.45, 7) is 2.85. The second-order valence-corrected chi connectivity index (χ2v) is 4.36. The fourth-order valence-corrected chi connectivity index (χ4v) is 1.73. The first kappa shape index (κ1) is 11.6. The summed E-state index contributed by atoms with van der Waals surface area (Å²) in [6, 6.07) is 9.93. The van der Waals surface area contributed by atoms with Crippen LogP contribution in [-0.2, 0) is 16.1 Å². The molecule has 0 spiro atoms. The second-order valence-electron chi connectivity index (χ2n) is 4.36. The van der Waals surface area contributed by atoms with Gasteiger partial charge in [0.25, 0.3) is 0 Å². The second kappa shape index (κ2) is 4.56. The number of nitrogens with zero attached hydrogens (tertiary/aromatic N) is 1. The van der Waals surface area contributed by atoms with Gasteiger partial charge in [-0.2, -0.15) is 5.26 Å². The predicted molar refractivity (Wildman–Crippen MR) is 61.9 cm³/mol. The van der Waals surface area contributed by atoms with E-state index in [-0.39, 0.29) is 19.1 Å². The Bertz CT molecular complexity index is 473. The number of aryl methyl sites for hydroxylation is 1. The van der Waals surface area contributed by atoms with Gasteiger partial charge in [0.05, 0.1) is 19.3 Å². The third kappa shape index (κ3) is 2.29. The van der Waals surface area contributed by atoms with Crippen molar-refractivity contribution in [3.05, 3.63) is 35.4 Å². The lowest BCUT2D eigenvalue weighted by molar-refractivity contribution is -0.150. The summed E-state index contributed by atoms with van der Waals surface area (Å²) < 4.78 is 4.94. The monoisotopic (exact) mass is 230 g/mol. The molecule has 0 aliphatic carbocycles. The molecule has 0 bridgehead atoms. The van der Waals surface area contributed by atoms with E-state index in [1.807, 2.05) is 37.3 Å². The number of nitriles is 1. The summed E-state index contributed by atoms with van der Waals surface area (Å²) in [5.41, 5.74) is 1.22. The van der Waals surface area contributed by atoms with Crippen LogP contribution in [-0.4, -0.2) is 19.1 Å². The zero-order valence-electron chi connectivity index (χ0n) is 9.69. The molecule has 1 heterocycles. The fourth-order valence-electron chi connectivity index (χ4n) is 1.73. The van der Waals surface area contributed by atoms with Gasteiger partial charge in [-0.3, -0.25) is 4.79 Å². The number of rotatable bonds is 3. The molecule has 1 fully saturated rings. The molecular weight excluding hydrogens is 216 g/mol. The van der Waals surface area contributed by atoms with Gasteiger partial charge in [0, 0.05) is 6.54 Å². The molecular formula is C13H14N2O2. The lowest BCUT2D eigenvalue weighted by Crippen LogP contribution is -2.52. The van der Waals surface area contributed by atoms with Crippen LogP contribution in [0.25, 0.3) is 0 Å². The molecule has 1 saturated heterocycles.